The monoisotopic (exact) mass is 389 g/mol. The van der Waals surface area contributed by atoms with Gasteiger partial charge in [-0.25, -0.2) is 0 Å². The molecular formula is C17H25Cl2N3O3. The molecule has 1 unspecified atom stereocenters. The number of aliphatic hydroxyl groups is 1. The number of nitrogens with zero attached hydrogens (tertiary/aromatic N) is 2. The number of hydrogen-bond donors (Lipinski definition) is 2. The van der Waals surface area contributed by atoms with Gasteiger partial charge < -0.3 is 15.2 Å². The molecule has 2 N–H and O–H groups in total. The third-order valence-corrected chi connectivity index (χ3v) is 4.61. The number of carbonyl (C=O) groups excluding carboxylic acids is 1. The number of amides is 1. The minimum atomic E-state index is -0.637. The number of nitrogens with one attached hydrogen (secondary N) is 1. The Balaban J connectivity index is 1.70. The summed E-state index contributed by atoms with van der Waals surface area (Å²) < 4.78 is 5.57. The van der Waals surface area contributed by atoms with E-state index in [9.17, 15) is 9.90 Å². The number of likely N-dealkylation sites (N-methyl/N-ethyl adjacent to an activating group) is 1. The highest BCUT2D eigenvalue weighted by Crippen LogP contribution is 2.32. The Kier molecular flexibility index (Phi) is 8.26. The second kappa shape index (κ2) is 10.2. The van der Waals surface area contributed by atoms with Gasteiger partial charge in [0.15, 0.2) is 5.75 Å². The highest BCUT2D eigenvalue weighted by atomic mass is 35.5. The van der Waals surface area contributed by atoms with Crippen LogP contribution in [0.3, 0.4) is 0 Å². The molecule has 0 radical (unpaired) electrons. The first-order valence-corrected chi connectivity index (χ1v) is 9.21. The first-order chi connectivity index (χ1) is 12.0. The molecule has 1 aromatic rings. The Morgan fingerprint density at radius 3 is 2.44 bits per heavy atom. The summed E-state index contributed by atoms with van der Waals surface area (Å²) in [5, 5.41) is 13.9. The predicted octanol–water partition coefficient (Wildman–Crippen LogP) is 1.49. The lowest BCUT2D eigenvalue weighted by atomic mass is 10.2. The topological polar surface area (TPSA) is 65.0 Å². The van der Waals surface area contributed by atoms with Gasteiger partial charge in [-0.2, -0.15) is 0 Å². The van der Waals surface area contributed by atoms with Gasteiger partial charge in [-0.05, 0) is 19.1 Å². The summed E-state index contributed by atoms with van der Waals surface area (Å²) in [5.74, 6) is 0.456. The number of aliphatic hydroxyl groups excluding tert-OH is 1. The second-order valence-corrected chi connectivity index (χ2v) is 6.86. The van der Waals surface area contributed by atoms with Crippen LogP contribution in [0.5, 0.6) is 5.75 Å². The van der Waals surface area contributed by atoms with Crippen LogP contribution in [0.1, 0.15) is 6.92 Å². The number of β-amino-alcohol motifs (C(OH)–C–C–N with tert-alkyl or cyclic N) is 1. The first-order valence-electron chi connectivity index (χ1n) is 8.46. The van der Waals surface area contributed by atoms with E-state index in [0.717, 1.165) is 26.2 Å². The van der Waals surface area contributed by atoms with E-state index < -0.39 is 6.10 Å². The fourth-order valence-electron chi connectivity index (χ4n) is 2.74. The van der Waals surface area contributed by atoms with Crippen LogP contribution in [0.4, 0.5) is 0 Å². The number of carbonyl (C=O) groups is 1. The number of benzene rings is 1. The maximum atomic E-state index is 11.6. The molecule has 0 bridgehead atoms. The normalized spacial score (nSPS) is 17.3. The number of hydrogen-bond acceptors (Lipinski definition) is 5. The Bertz CT molecular complexity index is 546. The SMILES string of the molecule is CCNC(=O)CN1CCN(CC(O)COc2c(Cl)cccc2Cl)CC1. The summed E-state index contributed by atoms with van der Waals surface area (Å²) in [5.41, 5.74) is 0. The smallest absolute Gasteiger partial charge is 0.234 e. The Labute approximate surface area is 158 Å². The standard InChI is InChI=1S/C17H25Cl2N3O3/c1-2-20-16(24)11-22-8-6-21(7-9-22)10-13(23)12-25-17-14(18)4-3-5-15(17)19/h3-5,13,23H,2,6-12H2,1H3,(H,20,24). The van der Waals surface area contributed by atoms with Crippen molar-refractivity contribution in [3.8, 4) is 5.75 Å². The van der Waals surface area contributed by atoms with E-state index in [4.69, 9.17) is 27.9 Å². The average Bonchev–Trinajstić information content (AvgIpc) is 2.56. The molecule has 0 aliphatic carbocycles. The molecule has 25 heavy (non-hydrogen) atoms. The highest BCUT2D eigenvalue weighted by molar-refractivity contribution is 6.37. The summed E-state index contributed by atoms with van der Waals surface area (Å²) >= 11 is 12.1. The van der Waals surface area contributed by atoms with Crippen molar-refractivity contribution in [1.82, 2.24) is 15.1 Å². The van der Waals surface area contributed by atoms with Crippen LogP contribution in [-0.2, 0) is 4.79 Å². The molecular weight excluding hydrogens is 365 g/mol. The van der Waals surface area contributed by atoms with E-state index >= 15 is 0 Å². The van der Waals surface area contributed by atoms with Crippen molar-refractivity contribution in [2.75, 3.05) is 52.4 Å². The van der Waals surface area contributed by atoms with Crippen molar-refractivity contribution in [2.24, 2.45) is 0 Å². The zero-order valence-electron chi connectivity index (χ0n) is 14.4. The number of ether oxygens (including phenoxy) is 1. The number of halogens is 2. The van der Waals surface area contributed by atoms with Crippen molar-refractivity contribution >= 4 is 29.1 Å². The Hall–Kier alpha value is -1.05. The number of para-hydroxylation sites is 1. The Morgan fingerprint density at radius 2 is 1.84 bits per heavy atom. The van der Waals surface area contributed by atoms with E-state index in [0.29, 0.717) is 35.4 Å². The van der Waals surface area contributed by atoms with Gasteiger partial charge in [0.2, 0.25) is 5.91 Å². The molecule has 0 saturated carbocycles. The zero-order chi connectivity index (χ0) is 18.2. The molecule has 0 aromatic heterocycles. The molecule has 1 atom stereocenters. The van der Waals surface area contributed by atoms with Crippen LogP contribution in [0, 0.1) is 0 Å². The van der Waals surface area contributed by atoms with Gasteiger partial charge >= 0.3 is 0 Å². The fraction of sp³-hybridized carbons (Fsp3) is 0.588. The average molecular weight is 390 g/mol. The van der Waals surface area contributed by atoms with E-state index in [-0.39, 0.29) is 12.5 Å². The lowest BCUT2D eigenvalue weighted by molar-refractivity contribution is -0.122. The summed E-state index contributed by atoms with van der Waals surface area (Å²) in [6.45, 7) is 6.86. The molecule has 1 aliphatic heterocycles. The maximum absolute atomic E-state index is 11.6. The number of piperazine rings is 1. The van der Waals surface area contributed by atoms with Gasteiger partial charge in [-0.1, -0.05) is 29.3 Å². The van der Waals surface area contributed by atoms with Crippen LogP contribution in [-0.4, -0.2) is 79.3 Å². The summed E-state index contributed by atoms with van der Waals surface area (Å²) in [7, 11) is 0. The van der Waals surface area contributed by atoms with Crippen molar-refractivity contribution in [3.63, 3.8) is 0 Å². The van der Waals surface area contributed by atoms with E-state index in [1.807, 2.05) is 6.92 Å². The molecule has 8 heteroatoms. The summed E-state index contributed by atoms with van der Waals surface area (Å²) in [6, 6.07) is 5.14. The minimum absolute atomic E-state index is 0.0565. The zero-order valence-corrected chi connectivity index (χ0v) is 15.9. The van der Waals surface area contributed by atoms with Gasteiger partial charge in [0.1, 0.15) is 12.7 Å². The van der Waals surface area contributed by atoms with Gasteiger partial charge in [0.05, 0.1) is 16.6 Å². The predicted molar refractivity (Wildman–Crippen MR) is 99.5 cm³/mol. The van der Waals surface area contributed by atoms with Crippen molar-refractivity contribution in [3.05, 3.63) is 28.2 Å². The van der Waals surface area contributed by atoms with Crippen molar-refractivity contribution < 1.29 is 14.6 Å². The molecule has 1 aliphatic rings. The third kappa shape index (κ3) is 6.64. The molecule has 2 rings (SSSR count). The highest BCUT2D eigenvalue weighted by Gasteiger charge is 2.21. The quantitative estimate of drug-likeness (QED) is 0.704. The molecule has 6 nitrogen and oxygen atoms in total. The molecule has 0 spiro atoms. The molecule has 1 aromatic carbocycles. The van der Waals surface area contributed by atoms with Gasteiger partial charge in [-0.3, -0.25) is 14.6 Å². The van der Waals surface area contributed by atoms with E-state index in [1.54, 1.807) is 18.2 Å². The first kappa shape index (κ1) is 20.3. The van der Waals surface area contributed by atoms with Gasteiger partial charge in [0.25, 0.3) is 0 Å². The number of rotatable bonds is 8. The molecule has 140 valence electrons. The van der Waals surface area contributed by atoms with Crippen LogP contribution in [0.15, 0.2) is 18.2 Å². The molecule has 1 saturated heterocycles. The minimum Gasteiger partial charge on any atom is -0.488 e. The molecule has 1 fully saturated rings. The van der Waals surface area contributed by atoms with Crippen molar-refractivity contribution in [2.45, 2.75) is 13.0 Å². The Morgan fingerprint density at radius 1 is 1.24 bits per heavy atom. The van der Waals surface area contributed by atoms with Crippen LogP contribution >= 0.6 is 23.2 Å². The largest absolute Gasteiger partial charge is 0.488 e. The molecule has 1 amide bonds. The lowest BCUT2D eigenvalue weighted by Crippen LogP contribution is -2.51. The van der Waals surface area contributed by atoms with E-state index in [1.165, 1.54) is 0 Å². The van der Waals surface area contributed by atoms with Crippen LogP contribution in [0.25, 0.3) is 0 Å². The fourth-order valence-corrected chi connectivity index (χ4v) is 3.24. The summed E-state index contributed by atoms with van der Waals surface area (Å²) in [4.78, 5) is 15.9. The summed E-state index contributed by atoms with van der Waals surface area (Å²) in [6.07, 6.45) is -0.637. The van der Waals surface area contributed by atoms with Gasteiger partial charge in [-0.15, -0.1) is 0 Å². The molecule has 1 heterocycles. The third-order valence-electron chi connectivity index (χ3n) is 4.01. The van der Waals surface area contributed by atoms with Crippen LogP contribution < -0.4 is 10.1 Å². The van der Waals surface area contributed by atoms with Gasteiger partial charge in [0, 0.05) is 39.3 Å². The van der Waals surface area contributed by atoms with Crippen LogP contribution in [0.2, 0.25) is 10.0 Å². The van der Waals surface area contributed by atoms with E-state index in [2.05, 4.69) is 15.1 Å². The van der Waals surface area contributed by atoms with Crippen molar-refractivity contribution in [1.29, 1.82) is 0 Å². The maximum Gasteiger partial charge on any atom is 0.234 e. The lowest BCUT2D eigenvalue weighted by Gasteiger charge is -2.35. The second-order valence-electron chi connectivity index (χ2n) is 6.05.